The van der Waals surface area contributed by atoms with Crippen LogP contribution in [0.3, 0.4) is 0 Å². The number of carbonyl (C=O) groups excluding carboxylic acids is 1. The Hall–Kier alpha value is -2.37. The molecule has 2 fully saturated rings. The van der Waals surface area contributed by atoms with E-state index >= 15 is 0 Å². The lowest BCUT2D eigenvalue weighted by atomic mass is 10.1. The smallest absolute Gasteiger partial charge is 0.236 e. The second-order valence-electron chi connectivity index (χ2n) is 8.10. The van der Waals surface area contributed by atoms with E-state index in [2.05, 4.69) is 87.2 Å². The molecular weight excluding hydrogens is 360 g/mol. The molecule has 154 valence electrons. The minimum absolute atomic E-state index is 0.283. The van der Waals surface area contributed by atoms with Gasteiger partial charge in [-0.15, -0.1) is 0 Å². The second-order valence-corrected chi connectivity index (χ2v) is 8.10. The fourth-order valence-corrected chi connectivity index (χ4v) is 4.40. The molecule has 1 unspecified atom stereocenters. The number of rotatable bonds is 5. The summed E-state index contributed by atoms with van der Waals surface area (Å²) in [5.74, 6) is 0.283. The van der Waals surface area contributed by atoms with E-state index in [1.54, 1.807) is 0 Å². The number of carbonyl (C=O) groups is 1. The monoisotopic (exact) mass is 392 g/mol. The molecule has 1 atom stereocenters. The van der Waals surface area contributed by atoms with Crippen molar-refractivity contribution in [3.05, 3.63) is 66.2 Å². The van der Waals surface area contributed by atoms with E-state index in [0.717, 1.165) is 52.4 Å². The van der Waals surface area contributed by atoms with Crippen molar-refractivity contribution in [1.29, 1.82) is 0 Å². The number of anilines is 1. The molecule has 5 heteroatoms. The van der Waals surface area contributed by atoms with Crippen molar-refractivity contribution in [2.24, 2.45) is 0 Å². The minimum Gasteiger partial charge on any atom is -0.369 e. The topological polar surface area (TPSA) is 30.0 Å². The summed E-state index contributed by atoms with van der Waals surface area (Å²) in [7, 11) is 0. The molecule has 0 saturated carbocycles. The summed E-state index contributed by atoms with van der Waals surface area (Å²) in [5, 5.41) is 0. The van der Waals surface area contributed by atoms with E-state index in [9.17, 15) is 4.79 Å². The standard InChI is InChI=1S/C24H32N4O/c1-21(22-8-4-2-5-9-22)26-16-18-28(19-17-26)24(29)20-25-12-14-27(15-13-25)23-10-6-3-7-11-23/h2-11,21H,12-20H2,1H3. The highest BCUT2D eigenvalue weighted by atomic mass is 16.2. The maximum atomic E-state index is 12.8. The van der Waals surface area contributed by atoms with Crippen molar-refractivity contribution in [2.45, 2.75) is 13.0 Å². The van der Waals surface area contributed by atoms with Crippen LogP contribution in [0.25, 0.3) is 0 Å². The molecule has 2 saturated heterocycles. The van der Waals surface area contributed by atoms with Gasteiger partial charge in [0, 0.05) is 64.1 Å². The average molecular weight is 393 g/mol. The highest BCUT2D eigenvalue weighted by molar-refractivity contribution is 5.78. The number of piperazine rings is 2. The van der Waals surface area contributed by atoms with Gasteiger partial charge < -0.3 is 9.80 Å². The lowest BCUT2D eigenvalue weighted by Gasteiger charge is -2.40. The number of hydrogen-bond acceptors (Lipinski definition) is 4. The number of nitrogens with zero attached hydrogens (tertiary/aromatic N) is 4. The summed E-state index contributed by atoms with van der Waals surface area (Å²) in [5.41, 5.74) is 2.63. The predicted octanol–water partition coefficient (Wildman–Crippen LogP) is 2.71. The van der Waals surface area contributed by atoms with Gasteiger partial charge in [-0.25, -0.2) is 0 Å². The summed E-state index contributed by atoms with van der Waals surface area (Å²) in [6, 6.07) is 21.6. The summed E-state index contributed by atoms with van der Waals surface area (Å²) in [4.78, 5) is 22.1. The Bertz CT molecular complexity index is 766. The molecule has 4 rings (SSSR count). The van der Waals surface area contributed by atoms with E-state index in [1.165, 1.54) is 11.3 Å². The Labute approximate surface area is 174 Å². The van der Waals surface area contributed by atoms with Gasteiger partial charge >= 0.3 is 0 Å². The van der Waals surface area contributed by atoms with Crippen LogP contribution >= 0.6 is 0 Å². The molecule has 0 bridgehead atoms. The number of benzene rings is 2. The Morgan fingerprint density at radius 2 is 1.38 bits per heavy atom. The Morgan fingerprint density at radius 1 is 0.793 bits per heavy atom. The van der Waals surface area contributed by atoms with Crippen molar-refractivity contribution >= 4 is 11.6 Å². The molecule has 0 aromatic heterocycles. The third-order valence-electron chi connectivity index (χ3n) is 6.35. The van der Waals surface area contributed by atoms with Crippen molar-refractivity contribution < 1.29 is 4.79 Å². The molecule has 0 spiro atoms. The van der Waals surface area contributed by atoms with Crippen LogP contribution < -0.4 is 4.90 Å². The van der Waals surface area contributed by atoms with Crippen LogP contribution in [0.15, 0.2) is 60.7 Å². The van der Waals surface area contributed by atoms with Gasteiger partial charge in [0.1, 0.15) is 0 Å². The third kappa shape index (κ3) is 4.98. The SMILES string of the molecule is CC(c1ccccc1)N1CCN(C(=O)CN2CCN(c3ccccc3)CC2)CC1. The molecule has 2 aliphatic rings. The van der Waals surface area contributed by atoms with Crippen molar-refractivity contribution in [2.75, 3.05) is 63.8 Å². The molecule has 29 heavy (non-hydrogen) atoms. The number of para-hydroxylation sites is 1. The van der Waals surface area contributed by atoms with Gasteiger partial charge in [-0.1, -0.05) is 48.5 Å². The molecule has 2 aromatic rings. The minimum atomic E-state index is 0.283. The maximum Gasteiger partial charge on any atom is 0.236 e. The van der Waals surface area contributed by atoms with Crippen molar-refractivity contribution in [1.82, 2.24) is 14.7 Å². The highest BCUT2D eigenvalue weighted by Crippen LogP contribution is 2.21. The lowest BCUT2D eigenvalue weighted by Crippen LogP contribution is -2.54. The Kier molecular flexibility index (Phi) is 6.47. The zero-order chi connectivity index (χ0) is 20.1. The third-order valence-corrected chi connectivity index (χ3v) is 6.35. The van der Waals surface area contributed by atoms with Crippen molar-refractivity contribution in [3.8, 4) is 0 Å². The van der Waals surface area contributed by atoms with Crippen LogP contribution in [-0.4, -0.2) is 79.5 Å². The molecule has 2 heterocycles. The largest absolute Gasteiger partial charge is 0.369 e. The highest BCUT2D eigenvalue weighted by Gasteiger charge is 2.26. The molecule has 1 amide bonds. The maximum absolute atomic E-state index is 12.8. The molecule has 0 radical (unpaired) electrons. The van der Waals surface area contributed by atoms with E-state index in [-0.39, 0.29) is 5.91 Å². The molecule has 2 aromatic carbocycles. The van der Waals surface area contributed by atoms with E-state index < -0.39 is 0 Å². The van der Waals surface area contributed by atoms with Crippen LogP contribution in [0.2, 0.25) is 0 Å². The average Bonchev–Trinajstić information content (AvgIpc) is 2.80. The van der Waals surface area contributed by atoms with E-state index in [4.69, 9.17) is 0 Å². The molecule has 0 aliphatic carbocycles. The first kappa shape index (κ1) is 19.9. The molecular formula is C24H32N4O. The first-order chi connectivity index (χ1) is 14.2. The van der Waals surface area contributed by atoms with Gasteiger partial charge in [0.15, 0.2) is 0 Å². The Morgan fingerprint density at radius 3 is 2.00 bits per heavy atom. The normalized spacial score (nSPS) is 19.9. The first-order valence-electron chi connectivity index (χ1n) is 10.8. The number of amides is 1. The van der Waals surface area contributed by atoms with E-state index in [1.807, 2.05) is 0 Å². The van der Waals surface area contributed by atoms with Crippen LogP contribution in [0, 0.1) is 0 Å². The lowest BCUT2D eigenvalue weighted by molar-refractivity contribution is -0.134. The summed E-state index contributed by atoms with van der Waals surface area (Å²) < 4.78 is 0. The van der Waals surface area contributed by atoms with Gasteiger partial charge in [0.25, 0.3) is 0 Å². The first-order valence-corrected chi connectivity index (χ1v) is 10.8. The van der Waals surface area contributed by atoms with Gasteiger partial charge in [0.2, 0.25) is 5.91 Å². The van der Waals surface area contributed by atoms with Crippen LogP contribution in [-0.2, 0) is 4.79 Å². The van der Waals surface area contributed by atoms with Crippen LogP contribution in [0.5, 0.6) is 0 Å². The fourth-order valence-electron chi connectivity index (χ4n) is 4.40. The van der Waals surface area contributed by atoms with Gasteiger partial charge in [-0.05, 0) is 24.6 Å². The summed E-state index contributed by atoms with van der Waals surface area (Å²) in [6.07, 6.45) is 0. The van der Waals surface area contributed by atoms with Crippen LogP contribution in [0.1, 0.15) is 18.5 Å². The Balaban J connectivity index is 1.21. The molecule has 0 N–H and O–H groups in total. The van der Waals surface area contributed by atoms with Gasteiger partial charge in [0.05, 0.1) is 6.54 Å². The molecule has 5 nitrogen and oxygen atoms in total. The molecule has 2 aliphatic heterocycles. The summed E-state index contributed by atoms with van der Waals surface area (Å²) >= 11 is 0. The number of hydrogen-bond donors (Lipinski definition) is 0. The second kappa shape index (κ2) is 9.42. The van der Waals surface area contributed by atoms with Gasteiger partial charge in [-0.3, -0.25) is 14.6 Å². The summed E-state index contributed by atoms with van der Waals surface area (Å²) in [6.45, 7) is 10.2. The fraction of sp³-hybridized carbons (Fsp3) is 0.458. The van der Waals surface area contributed by atoms with Crippen LogP contribution in [0.4, 0.5) is 5.69 Å². The quantitative estimate of drug-likeness (QED) is 0.783. The zero-order valence-corrected chi connectivity index (χ0v) is 17.4. The van der Waals surface area contributed by atoms with E-state index in [0.29, 0.717) is 12.6 Å². The predicted molar refractivity (Wildman–Crippen MR) is 118 cm³/mol. The van der Waals surface area contributed by atoms with Crippen molar-refractivity contribution in [3.63, 3.8) is 0 Å². The zero-order valence-electron chi connectivity index (χ0n) is 17.4. The van der Waals surface area contributed by atoms with Gasteiger partial charge in [-0.2, -0.15) is 0 Å².